The molecular formula is C28H24O6. The van der Waals surface area contributed by atoms with Crippen LogP contribution in [0.25, 0.3) is 11.1 Å². The Morgan fingerprint density at radius 2 is 1.35 bits per heavy atom. The molecule has 0 aliphatic heterocycles. The molecule has 6 nitrogen and oxygen atoms in total. The normalized spacial score (nSPS) is 10.1. The number of hydrogen-bond donors (Lipinski definition) is 3. The number of para-hydroxylation sites is 1. The maximum Gasteiger partial charge on any atom is 0.347 e. The average Bonchev–Trinajstić information content (AvgIpc) is 2.81. The molecule has 172 valence electrons. The molecule has 4 rings (SSSR count). The number of aromatic carboxylic acids is 1. The number of esters is 1. The maximum atomic E-state index is 11.7. The van der Waals surface area contributed by atoms with Crippen molar-refractivity contribution in [3.63, 3.8) is 0 Å². The van der Waals surface area contributed by atoms with Crippen LogP contribution in [-0.4, -0.2) is 27.3 Å². The summed E-state index contributed by atoms with van der Waals surface area (Å²) in [6.07, 6.45) is 0. The molecule has 4 aromatic carbocycles. The summed E-state index contributed by atoms with van der Waals surface area (Å²) in [5.74, 6) is -1.52. The van der Waals surface area contributed by atoms with Gasteiger partial charge in [0.2, 0.25) is 0 Å². The monoisotopic (exact) mass is 456 g/mol. The van der Waals surface area contributed by atoms with Crippen molar-refractivity contribution in [1.82, 2.24) is 0 Å². The van der Waals surface area contributed by atoms with Gasteiger partial charge in [-0.05, 0) is 66.9 Å². The van der Waals surface area contributed by atoms with Crippen LogP contribution >= 0.6 is 0 Å². The van der Waals surface area contributed by atoms with Crippen LogP contribution in [0.4, 0.5) is 0 Å². The first-order valence-corrected chi connectivity index (χ1v) is 10.5. The van der Waals surface area contributed by atoms with Crippen LogP contribution < -0.4 is 4.74 Å². The summed E-state index contributed by atoms with van der Waals surface area (Å²) in [6.45, 7) is 3.92. The standard InChI is InChI=1S/2C14H12O3/c1-10-6-8-11(9-7-10)17-14(16)12-4-2-3-5-13(12)15;1-9-4-2-3-5-11(9)10-6-7-12(14(16)17)13(15)8-10/h2-9,15H,1H3;2-8,15H,1H3,(H,16,17). The minimum Gasteiger partial charge on any atom is -0.507 e. The number of aromatic hydroxyl groups is 2. The Bertz CT molecular complexity index is 1310. The van der Waals surface area contributed by atoms with Crippen LogP contribution in [0.3, 0.4) is 0 Å². The lowest BCUT2D eigenvalue weighted by Gasteiger charge is -2.07. The number of benzene rings is 4. The summed E-state index contributed by atoms with van der Waals surface area (Å²) >= 11 is 0. The van der Waals surface area contributed by atoms with E-state index < -0.39 is 11.9 Å². The SMILES string of the molecule is Cc1ccc(OC(=O)c2ccccc2O)cc1.Cc1ccccc1-c1ccc(C(=O)O)c(O)c1. The zero-order valence-corrected chi connectivity index (χ0v) is 18.7. The molecule has 0 aromatic heterocycles. The third kappa shape index (κ3) is 6.01. The van der Waals surface area contributed by atoms with E-state index in [0.29, 0.717) is 5.75 Å². The fourth-order valence-corrected chi connectivity index (χ4v) is 3.19. The van der Waals surface area contributed by atoms with Crippen molar-refractivity contribution in [2.45, 2.75) is 13.8 Å². The number of carbonyl (C=O) groups is 2. The quantitative estimate of drug-likeness (QED) is 0.258. The van der Waals surface area contributed by atoms with E-state index in [2.05, 4.69) is 0 Å². The van der Waals surface area contributed by atoms with Crippen LogP contribution in [-0.2, 0) is 0 Å². The van der Waals surface area contributed by atoms with Crippen molar-refractivity contribution in [2.24, 2.45) is 0 Å². The summed E-state index contributed by atoms with van der Waals surface area (Å²) in [5.41, 5.74) is 4.04. The van der Waals surface area contributed by atoms with Gasteiger partial charge in [0.05, 0.1) is 0 Å². The van der Waals surface area contributed by atoms with Crippen LogP contribution in [0.5, 0.6) is 17.2 Å². The molecule has 0 saturated heterocycles. The number of carboxylic acid groups (broad SMARTS) is 1. The topological polar surface area (TPSA) is 104 Å². The van der Waals surface area contributed by atoms with E-state index in [9.17, 15) is 19.8 Å². The van der Waals surface area contributed by atoms with Gasteiger partial charge in [-0.3, -0.25) is 0 Å². The molecule has 0 atom stereocenters. The van der Waals surface area contributed by atoms with Gasteiger partial charge in [0.15, 0.2) is 0 Å². The number of phenolic OH excluding ortho intramolecular Hbond substituents is 1. The Kier molecular flexibility index (Phi) is 7.67. The van der Waals surface area contributed by atoms with Crippen molar-refractivity contribution >= 4 is 11.9 Å². The van der Waals surface area contributed by atoms with E-state index in [0.717, 1.165) is 22.3 Å². The average molecular weight is 456 g/mol. The summed E-state index contributed by atoms with van der Waals surface area (Å²) < 4.78 is 5.14. The molecule has 0 spiro atoms. The van der Waals surface area contributed by atoms with Crippen molar-refractivity contribution in [3.05, 3.63) is 113 Å². The minimum atomic E-state index is -1.13. The Morgan fingerprint density at radius 3 is 1.97 bits per heavy atom. The number of phenols is 2. The third-order valence-electron chi connectivity index (χ3n) is 5.04. The van der Waals surface area contributed by atoms with E-state index in [4.69, 9.17) is 9.84 Å². The van der Waals surface area contributed by atoms with Crippen LogP contribution in [0.15, 0.2) is 91.0 Å². The Labute approximate surface area is 197 Å². The highest BCUT2D eigenvalue weighted by Crippen LogP contribution is 2.28. The number of rotatable bonds is 4. The second-order valence-corrected chi connectivity index (χ2v) is 7.57. The summed E-state index contributed by atoms with van der Waals surface area (Å²) in [5, 5.41) is 28.0. The van der Waals surface area contributed by atoms with Crippen LogP contribution in [0.1, 0.15) is 31.8 Å². The molecule has 0 amide bonds. The molecule has 6 heteroatoms. The van der Waals surface area contributed by atoms with Gasteiger partial charge in [-0.25, -0.2) is 9.59 Å². The second kappa shape index (κ2) is 10.8. The van der Waals surface area contributed by atoms with Gasteiger partial charge in [-0.1, -0.05) is 60.2 Å². The Hall–Kier alpha value is -4.58. The van der Waals surface area contributed by atoms with Crippen molar-refractivity contribution in [2.75, 3.05) is 0 Å². The number of hydrogen-bond acceptors (Lipinski definition) is 5. The molecule has 0 fully saturated rings. The molecule has 0 aliphatic rings. The second-order valence-electron chi connectivity index (χ2n) is 7.57. The highest BCUT2D eigenvalue weighted by molar-refractivity contribution is 5.94. The molecule has 0 saturated carbocycles. The number of carboxylic acids is 1. The largest absolute Gasteiger partial charge is 0.507 e. The van der Waals surface area contributed by atoms with Gasteiger partial charge in [0.25, 0.3) is 0 Å². The van der Waals surface area contributed by atoms with E-state index in [1.165, 1.54) is 24.3 Å². The predicted octanol–water partition coefficient (Wildman–Crippen LogP) is 5.99. The molecule has 0 radical (unpaired) electrons. The molecular weight excluding hydrogens is 432 g/mol. The van der Waals surface area contributed by atoms with Gasteiger partial charge < -0.3 is 20.1 Å². The molecule has 34 heavy (non-hydrogen) atoms. The fourth-order valence-electron chi connectivity index (χ4n) is 3.19. The van der Waals surface area contributed by atoms with E-state index in [1.54, 1.807) is 30.3 Å². The lowest BCUT2D eigenvalue weighted by atomic mass is 9.99. The van der Waals surface area contributed by atoms with Crippen molar-refractivity contribution in [3.8, 4) is 28.4 Å². The number of aryl methyl sites for hydroxylation is 2. The first kappa shape index (κ1) is 24.1. The van der Waals surface area contributed by atoms with E-state index in [-0.39, 0.29) is 22.6 Å². The molecule has 0 heterocycles. The first-order valence-electron chi connectivity index (χ1n) is 10.5. The molecule has 0 aliphatic carbocycles. The van der Waals surface area contributed by atoms with Gasteiger partial charge in [0.1, 0.15) is 28.4 Å². The van der Waals surface area contributed by atoms with Crippen LogP contribution in [0.2, 0.25) is 0 Å². The summed E-state index contributed by atoms with van der Waals surface area (Å²) in [7, 11) is 0. The van der Waals surface area contributed by atoms with Gasteiger partial charge >= 0.3 is 11.9 Å². The summed E-state index contributed by atoms with van der Waals surface area (Å²) in [6, 6.07) is 25.8. The molecule has 0 unspecified atom stereocenters. The lowest BCUT2D eigenvalue weighted by molar-refractivity contribution is 0.0691. The Balaban J connectivity index is 0.000000191. The third-order valence-corrected chi connectivity index (χ3v) is 5.04. The smallest absolute Gasteiger partial charge is 0.347 e. The van der Waals surface area contributed by atoms with Gasteiger partial charge in [-0.15, -0.1) is 0 Å². The van der Waals surface area contributed by atoms with Crippen LogP contribution in [0, 0.1) is 13.8 Å². The van der Waals surface area contributed by atoms with Gasteiger partial charge in [-0.2, -0.15) is 0 Å². The summed E-state index contributed by atoms with van der Waals surface area (Å²) in [4.78, 5) is 22.5. The lowest BCUT2D eigenvalue weighted by Crippen LogP contribution is -2.08. The number of carbonyl (C=O) groups excluding carboxylic acids is 1. The van der Waals surface area contributed by atoms with Crippen molar-refractivity contribution < 1.29 is 29.6 Å². The highest BCUT2D eigenvalue weighted by atomic mass is 16.5. The van der Waals surface area contributed by atoms with E-state index >= 15 is 0 Å². The van der Waals surface area contributed by atoms with Crippen molar-refractivity contribution in [1.29, 1.82) is 0 Å². The predicted molar refractivity (Wildman–Crippen MR) is 129 cm³/mol. The number of ether oxygens (including phenoxy) is 1. The highest BCUT2D eigenvalue weighted by Gasteiger charge is 2.13. The van der Waals surface area contributed by atoms with E-state index in [1.807, 2.05) is 50.2 Å². The maximum absolute atomic E-state index is 11.7. The minimum absolute atomic E-state index is 0.0791. The molecule has 0 bridgehead atoms. The zero-order valence-electron chi connectivity index (χ0n) is 18.7. The van der Waals surface area contributed by atoms with Gasteiger partial charge in [0, 0.05) is 0 Å². The molecule has 3 N–H and O–H groups in total. The Morgan fingerprint density at radius 1 is 0.706 bits per heavy atom. The zero-order chi connectivity index (χ0) is 24.7. The molecule has 4 aromatic rings. The fraction of sp³-hybridized carbons (Fsp3) is 0.0714. The first-order chi connectivity index (χ1) is 16.3.